The van der Waals surface area contributed by atoms with Gasteiger partial charge in [-0.3, -0.25) is 0 Å². The van der Waals surface area contributed by atoms with Gasteiger partial charge in [-0.2, -0.15) is 0 Å². The maximum atomic E-state index is 3.66. The Morgan fingerprint density at radius 3 is 3.12 bits per heavy atom. The number of thiophene rings is 1. The molecule has 1 atom stereocenters. The van der Waals surface area contributed by atoms with Crippen LogP contribution >= 0.6 is 27.3 Å². The van der Waals surface area contributed by atoms with E-state index in [1.165, 1.54) is 41.6 Å². The first kappa shape index (κ1) is 13.5. The van der Waals surface area contributed by atoms with Gasteiger partial charge in [-0.15, -0.1) is 11.3 Å². The summed E-state index contributed by atoms with van der Waals surface area (Å²) in [5, 5.41) is 5.89. The molecule has 1 aliphatic rings. The fourth-order valence-corrected chi connectivity index (χ4v) is 3.64. The van der Waals surface area contributed by atoms with Gasteiger partial charge in [0.05, 0.1) is 3.79 Å². The highest BCUT2D eigenvalue weighted by Crippen LogP contribution is 2.21. The van der Waals surface area contributed by atoms with E-state index in [2.05, 4.69) is 44.6 Å². The van der Waals surface area contributed by atoms with Crippen molar-refractivity contribution in [2.45, 2.75) is 38.3 Å². The van der Waals surface area contributed by atoms with Gasteiger partial charge in [0.1, 0.15) is 0 Å². The number of nitrogens with zero attached hydrogens (tertiary/aromatic N) is 1. The normalized spacial score (nSPS) is 21.7. The Labute approximate surface area is 117 Å². The highest BCUT2D eigenvalue weighted by molar-refractivity contribution is 9.11. The molecule has 1 N–H and O–H groups in total. The van der Waals surface area contributed by atoms with Gasteiger partial charge < -0.3 is 10.2 Å². The fourth-order valence-electron chi connectivity index (χ4n) is 2.44. The van der Waals surface area contributed by atoms with Crippen LogP contribution in [0.2, 0.25) is 0 Å². The lowest BCUT2D eigenvalue weighted by Crippen LogP contribution is -2.38. The third-order valence-corrected chi connectivity index (χ3v) is 4.82. The Hall–Kier alpha value is 0.1000. The van der Waals surface area contributed by atoms with E-state index in [0.717, 1.165) is 13.1 Å². The van der Waals surface area contributed by atoms with Gasteiger partial charge in [0.25, 0.3) is 0 Å². The van der Waals surface area contributed by atoms with Gasteiger partial charge in [-0.05, 0) is 59.4 Å². The summed E-state index contributed by atoms with van der Waals surface area (Å²) in [6.45, 7) is 3.41. The average Bonchev–Trinajstić information content (AvgIpc) is 2.53. The number of halogens is 1. The molecule has 0 bridgehead atoms. The highest BCUT2D eigenvalue weighted by atomic mass is 79.9. The van der Waals surface area contributed by atoms with Gasteiger partial charge in [0, 0.05) is 19.1 Å². The van der Waals surface area contributed by atoms with Gasteiger partial charge >= 0.3 is 0 Å². The molecule has 4 heteroatoms. The molecule has 1 aromatic heterocycles. The number of hydrogen-bond acceptors (Lipinski definition) is 3. The lowest BCUT2D eigenvalue weighted by molar-refractivity contribution is 0.279. The lowest BCUT2D eigenvalue weighted by Gasteiger charge is -2.23. The van der Waals surface area contributed by atoms with E-state index in [1.807, 2.05) is 0 Å². The summed E-state index contributed by atoms with van der Waals surface area (Å²) in [5.41, 5.74) is 1.41. The molecule has 1 saturated heterocycles. The van der Waals surface area contributed by atoms with Crippen LogP contribution in [0.25, 0.3) is 0 Å². The molecule has 0 amide bonds. The van der Waals surface area contributed by atoms with Crippen LogP contribution in [0.3, 0.4) is 0 Å². The first-order chi connectivity index (χ1) is 8.24. The van der Waals surface area contributed by atoms with E-state index >= 15 is 0 Å². The van der Waals surface area contributed by atoms with Crippen molar-refractivity contribution in [3.05, 3.63) is 20.8 Å². The predicted octanol–water partition coefficient (Wildman–Crippen LogP) is 3.47. The second-order valence-corrected chi connectivity index (χ2v) is 7.25. The van der Waals surface area contributed by atoms with E-state index in [0.29, 0.717) is 6.04 Å². The van der Waals surface area contributed by atoms with E-state index in [1.54, 1.807) is 11.3 Å². The van der Waals surface area contributed by atoms with Crippen molar-refractivity contribution in [2.24, 2.45) is 0 Å². The third kappa shape index (κ3) is 4.70. The van der Waals surface area contributed by atoms with Gasteiger partial charge in [0.2, 0.25) is 0 Å². The Bertz CT molecular complexity index is 332. The molecule has 2 rings (SSSR count). The van der Waals surface area contributed by atoms with Gasteiger partial charge in [-0.1, -0.05) is 12.8 Å². The number of rotatable bonds is 4. The number of likely N-dealkylation sites (N-methyl/N-ethyl adjacent to an activating group) is 1. The zero-order valence-electron chi connectivity index (χ0n) is 10.4. The summed E-state index contributed by atoms with van der Waals surface area (Å²) in [7, 11) is 2.22. The largest absolute Gasteiger partial charge is 0.313 e. The smallest absolute Gasteiger partial charge is 0.0701 e. The molecule has 2 heterocycles. The molecule has 0 saturated carbocycles. The number of nitrogens with one attached hydrogen (secondary N) is 1. The van der Waals surface area contributed by atoms with Crippen molar-refractivity contribution in [1.29, 1.82) is 0 Å². The molecule has 0 aliphatic carbocycles. The van der Waals surface area contributed by atoms with Crippen LogP contribution in [0.1, 0.15) is 31.2 Å². The van der Waals surface area contributed by atoms with E-state index < -0.39 is 0 Å². The molecule has 2 nitrogen and oxygen atoms in total. The van der Waals surface area contributed by atoms with Crippen molar-refractivity contribution in [2.75, 3.05) is 20.1 Å². The van der Waals surface area contributed by atoms with Gasteiger partial charge in [-0.25, -0.2) is 0 Å². The second-order valence-electron chi connectivity index (χ2n) is 4.96. The summed E-state index contributed by atoms with van der Waals surface area (Å²) in [5.74, 6) is 0. The molecule has 96 valence electrons. The first-order valence-electron chi connectivity index (χ1n) is 6.39. The summed E-state index contributed by atoms with van der Waals surface area (Å²) in [6, 6.07) is 2.91. The zero-order chi connectivity index (χ0) is 12.1. The Balaban J connectivity index is 1.77. The fraction of sp³-hybridized carbons (Fsp3) is 0.692. The molecular formula is C13H21BrN2S. The average molecular weight is 317 g/mol. The maximum Gasteiger partial charge on any atom is 0.0701 e. The molecule has 1 fully saturated rings. The maximum absolute atomic E-state index is 3.66. The van der Waals surface area contributed by atoms with Crippen LogP contribution in [0.15, 0.2) is 15.2 Å². The quantitative estimate of drug-likeness (QED) is 0.915. The third-order valence-electron chi connectivity index (χ3n) is 3.27. The molecular weight excluding hydrogens is 296 g/mol. The van der Waals surface area contributed by atoms with E-state index in [-0.39, 0.29) is 0 Å². The minimum atomic E-state index is 0.685. The van der Waals surface area contributed by atoms with Crippen molar-refractivity contribution in [1.82, 2.24) is 10.2 Å². The van der Waals surface area contributed by atoms with Crippen LogP contribution in [-0.2, 0) is 6.54 Å². The standard InChI is InChI=1S/C13H21BrN2S/c1-16(8-11-7-13(14)17-10-11)9-12-5-3-2-4-6-15-12/h7,10,12,15H,2-6,8-9H2,1H3. The topological polar surface area (TPSA) is 15.3 Å². The molecule has 1 aromatic rings. The SMILES string of the molecule is CN(Cc1csc(Br)c1)CC1CCCCCN1. The minimum Gasteiger partial charge on any atom is -0.313 e. The molecule has 0 spiro atoms. The van der Waals surface area contributed by atoms with Crippen molar-refractivity contribution in [3.63, 3.8) is 0 Å². The molecule has 0 radical (unpaired) electrons. The summed E-state index contributed by atoms with van der Waals surface area (Å²) in [4.78, 5) is 2.43. The molecule has 1 aliphatic heterocycles. The van der Waals surface area contributed by atoms with Gasteiger partial charge in [0.15, 0.2) is 0 Å². The van der Waals surface area contributed by atoms with Crippen LogP contribution in [0.4, 0.5) is 0 Å². The first-order valence-corrected chi connectivity index (χ1v) is 8.06. The van der Waals surface area contributed by atoms with Crippen molar-refractivity contribution < 1.29 is 0 Å². The lowest BCUT2D eigenvalue weighted by atomic mass is 10.1. The zero-order valence-corrected chi connectivity index (χ0v) is 12.8. The van der Waals surface area contributed by atoms with Crippen LogP contribution in [0.5, 0.6) is 0 Å². The monoisotopic (exact) mass is 316 g/mol. The Kier molecular flexibility index (Phi) is 5.48. The summed E-state index contributed by atoms with van der Waals surface area (Å²) >= 11 is 5.29. The second kappa shape index (κ2) is 6.88. The van der Waals surface area contributed by atoms with Crippen molar-refractivity contribution >= 4 is 27.3 Å². The summed E-state index contributed by atoms with van der Waals surface area (Å²) in [6.07, 6.45) is 5.45. The van der Waals surface area contributed by atoms with E-state index in [4.69, 9.17) is 0 Å². The van der Waals surface area contributed by atoms with Crippen LogP contribution in [-0.4, -0.2) is 31.1 Å². The Morgan fingerprint density at radius 1 is 1.47 bits per heavy atom. The number of hydrogen-bond donors (Lipinski definition) is 1. The van der Waals surface area contributed by atoms with Crippen LogP contribution in [0, 0.1) is 0 Å². The van der Waals surface area contributed by atoms with Crippen molar-refractivity contribution in [3.8, 4) is 0 Å². The molecule has 17 heavy (non-hydrogen) atoms. The highest BCUT2D eigenvalue weighted by Gasteiger charge is 2.13. The van der Waals surface area contributed by atoms with Crippen LogP contribution < -0.4 is 5.32 Å². The molecule has 1 unspecified atom stereocenters. The minimum absolute atomic E-state index is 0.685. The van der Waals surface area contributed by atoms with E-state index in [9.17, 15) is 0 Å². The summed E-state index contributed by atoms with van der Waals surface area (Å²) < 4.78 is 1.23. The Morgan fingerprint density at radius 2 is 2.35 bits per heavy atom. The predicted molar refractivity (Wildman–Crippen MR) is 78.6 cm³/mol. The molecule has 0 aromatic carbocycles.